The largest absolute Gasteiger partial charge is 1.00 e. The molecule has 0 aromatic carbocycles. The zero-order chi connectivity index (χ0) is 18.8. The molecule has 138 valence electrons. The van der Waals surface area contributed by atoms with Crippen LogP contribution in [0.25, 0.3) is 0 Å². The summed E-state index contributed by atoms with van der Waals surface area (Å²) < 4.78 is 0. The van der Waals surface area contributed by atoms with Gasteiger partial charge in [-0.3, -0.25) is 4.79 Å². The maximum absolute atomic E-state index is 12.1. The molecule has 1 saturated heterocycles. The van der Waals surface area contributed by atoms with Gasteiger partial charge < -0.3 is 20.8 Å². The van der Waals surface area contributed by atoms with Crippen LogP contribution >= 0.6 is 11.8 Å². The minimum absolute atomic E-state index is 0. The van der Waals surface area contributed by atoms with Crippen LogP contribution in [0.1, 0.15) is 19.8 Å². The summed E-state index contributed by atoms with van der Waals surface area (Å²) in [6.07, 6.45) is 2.71. The molecule has 1 aromatic rings. The average Bonchev–Trinajstić information content (AvgIpc) is 2.96. The van der Waals surface area contributed by atoms with Crippen molar-refractivity contribution in [2.45, 2.75) is 31.8 Å². The van der Waals surface area contributed by atoms with Gasteiger partial charge >= 0.3 is 35.5 Å². The van der Waals surface area contributed by atoms with Crippen LogP contribution in [0.2, 0.25) is 0 Å². The van der Waals surface area contributed by atoms with E-state index in [2.05, 4.69) is 9.98 Å². The quantitative estimate of drug-likeness (QED) is 0.224. The molecular formula is C17H19N4NaO4S. The van der Waals surface area contributed by atoms with E-state index in [4.69, 9.17) is 5.73 Å². The number of amides is 1. The molecule has 10 heteroatoms. The topological polar surface area (TPSA) is 132 Å². The van der Waals surface area contributed by atoms with Crippen molar-refractivity contribution >= 4 is 35.4 Å². The van der Waals surface area contributed by atoms with E-state index in [1.807, 2.05) is 6.92 Å². The number of pyridine rings is 1. The van der Waals surface area contributed by atoms with Crippen LogP contribution in [0.5, 0.6) is 0 Å². The molecule has 3 rings (SSSR count). The first kappa shape index (κ1) is 21.9. The predicted octanol–water partition coefficient (Wildman–Crippen LogP) is -2.53. The van der Waals surface area contributed by atoms with E-state index in [9.17, 15) is 19.8 Å². The molecule has 0 aliphatic carbocycles. The number of β-lactam (4-membered cyclic amide) rings is 1. The second kappa shape index (κ2) is 9.20. The van der Waals surface area contributed by atoms with E-state index in [1.54, 1.807) is 18.2 Å². The SMILES string of the molecule is CC[C@H]1C(=O)N2C(C(=O)O)=C(SC[C@@H](N)C([O-])=Nc3ccccn3)C[C@H]12.[Na+]. The van der Waals surface area contributed by atoms with E-state index in [-0.39, 0.29) is 64.7 Å². The molecule has 0 bridgehead atoms. The number of fused-ring (bicyclic) bond motifs is 1. The summed E-state index contributed by atoms with van der Waals surface area (Å²) in [7, 11) is 0. The third-order valence-electron chi connectivity index (χ3n) is 4.52. The van der Waals surface area contributed by atoms with Gasteiger partial charge in [0.1, 0.15) is 5.70 Å². The minimum Gasteiger partial charge on any atom is -0.861 e. The fourth-order valence-corrected chi connectivity index (χ4v) is 4.34. The number of carbonyl (C=O) groups excluding carboxylic acids is 1. The first-order chi connectivity index (χ1) is 12.4. The Labute approximate surface area is 183 Å². The summed E-state index contributed by atoms with van der Waals surface area (Å²) in [4.78, 5) is 33.4. The maximum Gasteiger partial charge on any atom is 1.00 e. The molecule has 0 saturated carbocycles. The third-order valence-corrected chi connectivity index (χ3v) is 5.76. The monoisotopic (exact) mass is 398 g/mol. The van der Waals surface area contributed by atoms with Gasteiger partial charge in [0.25, 0.3) is 0 Å². The molecule has 3 N–H and O–H groups in total. The molecule has 8 nitrogen and oxygen atoms in total. The standard InChI is InChI=1S/C17H20N4O4S.Na/c1-2-9-11-7-12(14(17(24)25)21(11)16(9)23)26-8-10(18)15(22)20-13-5-3-4-6-19-13;/h3-6,9-11H,2,7-8,18H2,1H3,(H,24,25)(H,19,20,22);/q;+1/p-1/t9-,10-,11-;/m1./s1. The van der Waals surface area contributed by atoms with Crippen LogP contribution < -0.4 is 40.4 Å². The van der Waals surface area contributed by atoms with Crippen molar-refractivity contribution in [1.29, 1.82) is 0 Å². The second-order valence-electron chi connectivity index (χ2n) is 6.13. The summed E-state index contributed by atoms with van der Waals surface area (Å²) in [6.45, 7) is 1.92. The molecule has 2 aliphatic heterocycles. The number of thioether (sulfide) groups is 1. The molecule has 2 aliphatic rings. The Bertz CT molecular complexity index is 786. The normalized spacial score (nSPS) is 22.8. The number of nitrogens with two attached hydrogens (primary N) is 1. The van der Waals surface area contributed by atoms with E-state index in [1.165, 1.54) is 22.9 Å². The van der Waals surface area contributed by atoms with Gasteiger partial charge in [-0.25, -0.2) is 14.8 Å². The number of aromatic nitrogens is 1. The van der Waals surface area contributed by atoms with Crippen molar-refractivity contribution in [3.63, 3.8) is 0 Å². The zero-order valence-electron chi connectivity index (χ0n) is 15.2. The average molecular weight is 398 g/mol. The first-order valence-corrected chi connectivity index (χ1v) is 9.27. The summed E-state index contributed by atoms with van der Waals surface area (Å²) in [5, 5.41) is 21.5. The van der Waals surface area contributed by atoms with Crippen molar-refractivity contribution in [1.82, 2.24) is 9.88 Å². The molecule has 0 spiro atoms. The number of nitrogens with zero attached hydrogens (tertiary/aromatic N) is 3. The number of aliphatic carboxylic acids is 1. The van der Waals surface area contributed by atoms with Crippen molar-refractivity contribution in [2.24, 2.45) is 16.6 Å². The van der Waals surface area contributed by atoms with Crippen LogP contribution in [0.4, 0.5) is 5.82 Å². The van der Waals surface area contributed by atoms with Gasteiger partial charge in [0.15, 0.2) is 5.82 Å². The van der Waals surface area contributed by atoms with Crippen LogP contribution in [0, 0.1) is 5.92 Å². The first-order valence-electron chi connectivity index (χ1n) is 8.28. The minimum atomic E-state index is -1.13. The predicted molar refractivity (Wildman–Crippen MR) is 95.5 cm³/mol. The number of hydrogen-bond donors (Lipinski definition) is 2. The van der Waals surface area contributed by atoms with E-state index in [0.717, 1.165) is 0 Å². The fourth-order valence-electron chi connectivity index (χ4n) is 3.21. The summed E-state index contributed by atoms with van der Waals surface area (Å²) in [5.41, 5.74) is 5.91. The van der Waals surface area contributed by atoms with Gasteiger partial charge in [-0.2, -0.15) is 0 Å². The number of rotatable bonds is 7. The van der Waals surface area contributed by atoms with Gasteiger partial charge in [-0.05, 0) is 24.5 Å². The van der Waals surface area contributed by atoms with Crippen LogP contribution in [-0.2, 0) is 9.59 Å². The second-order valence-corrected chi connectivity index (χ2v) is 7.24. The van der Waals surface area contributed by atoms with Crippen molar-refractivity contribution < 1.29 is 49.4 Å². The van der Waals surface area contributed by atoms with Crippen molar-refractivity contribution in [2.75, 3.05) is 5.75 Å². The van der Waals surface area contributed by atoms with Gasteiger partial charge in [-0.1, -0.05) is 13.0 Å². The van der Waals surface area contributed by atoms with Crippen LogP contribution in [0.15, 0.2) is 40.0 Å². The smallest absolute Gasteiger partial charge is 0.861 e. The number of aliphatic imine (C=N–C) groups is 1. The third kappa shape index (κ3) is 4.38. The molecule has 27 heavy (non-hydrogen) atoms. The van der Waals surface area contributed by atoms with Crippen molar-refractivity contribution in [3.8, 4) is 0 Å². The molecule has 1 amide bonds. The molecule has 1 fully saturated rings. The maximum atomic E-state index is 12.1. The number of hydrogen-bond acceptors (Lipinski definition) is 7. The number of carboxylic acid groups (broad SMARTS) is 1. The Morgan fingerprint density at radius 3 is 2.89 bits per heavy atom. The summed E-state index contributed by atoms with van der Waals surface area (Å²) >= 11 is 1.21. The molecule has 0 unspecified atom stereocenters. The van der Waals surface area contributed by atoms with Gasteiger partial charge in [0, 0.05) is 29.3 Å². The van der Waals surface area contributed by atoms with E-state index >= 15 is 0 Å². The molecule has 0 radical (unpaired) electrons. The van der Waals surface area contributed by atoms with E-state index < -0.39 is 17.9 Å². The molecule has 3 atom stereocenters. The Morgan fingerprint density at radius 2 is 2.30 bits per heavy atom. The van der Waals surface area contributed by atoms with Crippen molar-refractivity contribution in [3.05, 3.63) is 35.0 Å². The Hall–Kier alpha value is -1.39. The van der Waals surface area contributed by atoms with E-state index in [0.29, 0.717) is 17.7 Å². The Balaban J connectivity index is 0.00000261. The van der Waals surface area contributed by atoms with Crippen LogP contribution in [-0.4, -0.2) is 50.6 Å². The summed E-state index contributed by atoms with van der Waals surface area (Å²) in [6, 6.07) is 4.06. The fraction of sp³-hybridized carbons (Fsp3) is 0.412. The Kier molecular flexibility index (Phi) is 7.47. The van der Waals surface area contributed by atoms with Gasteiger partial charge in [-0.15, -0.1) is 11.8 Å². The number of carboxylic acids is 1. The molecule has 1 aromatic heterocycles. The Morgan fingerprint density at radius 1 is 1.56 bits per heavy atom. The molecular weight excluding hydrogens is 379 g/mol. The van der Waals surface area contributed by atoms with Gasteiger partial charge in [0.05, 0.1) is 12.0 Å². The zero-order valence-corrected chi connectivity index (χ0v) is 18.0. The number of carbonyl (C=O) groups is 2. The molecule has 3 heterocycles. The summed E-state index contributed by atoms with van der Waals surface area (Å²) in [5.74, 6) is -1.45. The van der Waals surface area contributed by atoms with Crippen LogP contribution in [0.3, 0.4) is 0 Å². The van der Waals surface area contributed by atoms with Gasteiger partial charge in [0.2, 0.25) is 5.91 Å².